The molecule has 1 heterocycles. The van der Waals surface area contributed by atoms with E-state index < -0.39 is 6.09 Å². The fourth-order valence-corrected chi connectivity index (χ4v) is 2.14. The monoisotopic (exact) mass is 346 g/mol. The van der Waals surface area contributed by atoms with Gasteiger partial charge in [0.15, 0.2) is 0 Å². The van der Waals surface area contributed by atoms with E-state index in [2.05, 4.69) is 22.5 Å². The Morgan fingerprint density at radius 2 is 1.96 bits per heavy atom. The first kappa shape index (κ1) is 18.5. The van der Waals surface area contributed by atoms with Gasteiger partial charge in [-0.2, -0.15) is 0 Å². The summed E-state index contributed by atoms with van der Waals surface area (Å²) < 4.78 is 17.9. The number of ether oxygens (including phenoxy) is 1. The molecule has 0 aliphatic heterocycles. The van der Waals surface area contributed by atoms with E-state index in [1.54, 1.807) is 24.3 Å². The van der Waals surface area contributed by atoms with Crippen LogP contribution in [0.3, 0.4) is 0 Å². The molecule has 0 fully saturated rings. The summed E-state index contributed by atoms with van der Waals surface area (Å²) in [6.45, 7) is 2.95. The van der Waals surface area contributed by atoms with Gasteiger partial charge in [-0.05, 0) is 36.2 Å². The van der Waals surface area contributed by atoms with Crippen molar-refractivity contribution < 1.29 is 13.9 Å². The van der Waals surface area contributed by atoms with Crippen molar-refractivity contribution in [1.29, 1.82) is 0 Å². The van der Waals surface area contributed by atoms with Gasteiger partial charge in [0.1, 0.15) is 17.5 Å². The maximum atomic E-state index is 12.9. The first-order valence-corrected chi connectivity index (χ1v) is 8.27. The van der Waals surface area contributed by atoms with Gasteiger partial charge in [0.2, 0.25) is 0 Å². The maximum Gasteiger partial charge on any atom is 0.411 e. The van der Waals surface area contributed by atoms with E-state index in [0.29, 0.717) is 24.7 Å². The summed E-state index contributed by atoms with van der Waals surface area (Å²) in [7, 11) is 0. The Labute approximate surface area is 146 Å². The van der Waals surface area contributed by atoms with Crippen LogP contribution in [0.5, 0.6) is 0 Å². The van der Waals surface area contributed by atoms with Crippen molar-refractivity contribution in [2.24, 2.45) is 0 Å². The zero-order valence-electron chi connectivity index (χ0n) is 14.2. The van der Waals surface area contributed by atoms with E-state index in [9.17, 15) is 9.18 Å². The standard InChI is InChI=1S/C18H23FN4O2/c1-2-3-4-11-25-18(24)22-15-9-10-16(23-17(15)20)21-12-13-5-7-14(19)8-6-13/h5-10H,2-4,11-12H2,1H3,(H,22,24)(H3,20,21,23). The summed E-state index contributed by atoms with van der Waals surface area (Å²) in [4.78, 5) is 15.9. The Hall–Kier alpha value is -2.83. The minimum absolute atomic E-state index is 0.189. The predicted octanol–water partition coefficient (Wildman–Crippen LogP) is 4.15. The number of nitrogens with two attached hydrogens (primary N) is 1. The number of halogens is 1. The summed E-state index contributed by atoms with van der Waals surface area (Å²) in [6, 6.07) is 9.54. The van der Waals surface area contributed by atoms with Crippen LogP contribution in [0.25, 0.3) is 0 Å². The quantitative estimate of drug-likeness (QED) is 0.625. The third-order valence-electron chi connectivity index (χ3n) is 3.53. The molecule has 1 aromatic heterocycles. The topological polar surface area (TPSA) is 89.3 Å². The van der Waals surface area contributed by atoms with Gasteiger partial charge in [-0.25, -0.2) is 14.2 Å². The van der Waals surface area contributed by atoms with Crippen molar-refractivity contribution in [2.45, 2.75) is 32.7 Å². The molecule has 1 amide bonds. The highest BCUT2D eigenvalue weighted by atomic mass is 19.1. The van der Waals surface area contributed by atoms with Crippen LogP contribution in [0.2, 0.25) is 0 Å². The molecule has 25 heavy (non-hydrogen) atoms. The largest absolute Gasteiger partial charge is 0.449 e. The van der Waals surface area contributed by atoms with Gasteiger partial charge >= 0.3 is 6.09 Å². The number of nitrogens with zero attached hydrogens (tertiary/aromatic N) is 1. The minimum atomic E-state index is -0.545. The summed E-state index contributed by atoms with van der Waals surface area (Å²) in [6.07, 6.45) is 2.38. The number of rotatable bonds is 8. The average Bonchev–Trinajstić information content (AvgIpc) is 2.60. The van der Waals surface area contributed by atoms with E-state index in [-0.39, 0.29) is 11.6 Å². The number of anilines is 3. The molecule has 0 aliphatic carbocycles. The number of pyridine rings is 1. The molecule has 7 heteroatoms. The highest BCUT2D eigenvalue weighted by Crippen LogP contribution is 2.19. The zero-order valence-corrected chi connectivity index (χ0v) is 14.2. The first-order valence-electron chi connectivity index (χ1n) is 8.27. The fraction of sp³-hybridized carbons (Fsp3) is 0.333. The van der Waals surface area contributed by atoms with Crippen LogP contribution in [0.1, 0.15) is 31.7 Å². The van der Waals surface area contributed by atoms with Crippen LogP contribution in [0.4, 0.5) is 26.5 Å². The first-order chi connectivity index (χ1) is 12.1. The molecule has 0 radical (unpaired) electrons. The normalized spacial score (nSPS) is 10.3. The van der Waals surface area contributed by atoms with Gasteiger partial charge < -0.3 is 15.8 Å². The maximum absolute atomic E-state index is 12.9. The lowest BCUT2D eigenvalue weighted by atomic mass is 10.2. The molecule has 0 atom stereocenters. The summed E-state index contributed by atoms with van der Waals surface area (Å²) >= 11 is 0. The van der Waals surface area contributed by atoms with Gasteiger partial charge in [0.25, 0.3) is 0 Å². The molecular formula is C18H23FN4O2. The average molecular weight is 346 g/mol. The van der Waals surface area contributed by atoms with Crippen LogP contribution >= 0.6 is 0 Å². The van der Waals surface area contributed by atoms with Crippen molar-refractivity contribution in [1.82, 2.24) is 4.98 Å². The van der Waals surface area contributed by atoms with Crippen LogP contribution < -0.4 is 16.4 Å². The summed E-state index contributed by atoms with van der Waals surface area (Å²) in [5, 5.41) is 5.67. The fourth-order valence-electron chi connectivity index (χ4n) is 2.14. The van der Waals surface area contributed by atoms with Crippen molar-refractivity contribution in [3.05, 3.63) is 47.8 Å². The molecular weight excluding hydrogens is 323 g/mol. The Balaban J connectivity index is 1.84. The van der Waals surface area contributed by atoms with E-state index in [4.69, 9.17) is 10.5 Å². The third-order valence-corrected chi connectivity index (χ3v) is 3.53. The molecule has 0 saturated heterocycles. The summed E-state index contributed by atoms with van der Waals surface area (Å²) in [5.41, 5.74) is 7.18. The molecule has 0 bridgehead atoms. The molecule has 4 N–H and O–H groups in total. The Bertz CT molecular complexity index is 692. The lowest BCUT2D eigenvalue weighted by molar-refractivity contribution is 0.159. The van der Waals surface area contributed by atoms with Crippen LogP contribution in [0.15, 0.2) is 36.4 Å². The summed E-state index contributed by atoms with van der Waals surface area (Å²) in [5.74, 6) is 0.474. The van der Waals surface area contributed by atoms with E-state index in [0.717, 1.165) is 24.8 Å². The number of amides is 1. The van der Waals surface area contributed by atoms with Crippen LogP contribution in [-0.2, 0) is 11.3 Å². The molecule has 0 aliphatic rings. The zero-order chi connectivity index (χ0) is 18.1. The van der Waals surface area contributed by atoms with Gasteiger partial charge in [-0.1, -0.05) is 31.9 Å². The number of hydrogen-bond donors (Lipinski definition) is 3. The Kier molecular flexibility index (Phi) is 7.00. The number of nitrogen functional groups attached to an aromatic ring is 1. The van der Waals surface area contributed by atoms with E-state index in [1.807, 2.05) is 0 Å². The van der Waals surface area contributed by atoms with E-state index >= 15 is 0 Å². The highest BCUT2D eigenvalue weighted by molar-refractivity contribution is 5.88. The van der Waals surface area contributed by atoms with Crippen molar-refractivity contribution in [3.8, 4) is 0 Å². The second kappa shape index (κ2) is 9.46. The molecule has 0 saturated carbocycles. The lowest BCUT2D eigenvalue weighted by Crippen LogP contribution is -2.16. The second-order valence-electron chi connectivity index (χ2n) is 5.58. The van der Waals surface area contributed by atoms with Crippen LogP contribution in [-0.4, -0.2) is 17.7 Å². The molecule has 0 unspecified atom stereocenters. The van der Waals surface area contributed by atoms with Crippen molar-refractivity contribution in [3.63, 3.8) is 0 Å². The number of unbranched alkanes of at least 4 members (excludes halogenated alkanes) is 2. The molecule has 1 aromatic carbocycles. The number of benzene rings is 1. The Morgan fingerprint density at radius 1 is 1.20 bits per heavy atom. The number of hydrogen-bond acceptors (Lipinski definition) is 5. The molecule has 0 spiro atoms. The molecule has 2 rings (SSSR count). The third kappa shape index (κ3) is 6.29. The molecule has 134 valence electrons. The second-order valence-corrected chi connectivity index (χ2v) is 5.58. The highest BCUT2D eigenvalue weighted by Gasteiger charge is 2.08. The number of carbonyl (C=O) groups excluding carboxylic acids is 1. The number of nitrogens with one attached hydrogen (secondary N) is 2. The smallest absolute Gasteiger partial charge is 0.411 e. The number of carbonyl (C=O) groups is 1. The van der Waals surface area contributed by atoms with Crippen LogP contribution in [0, 0.1) is 5.82 Å². The minimum Gasteiger partial charge on any atom is -0.449 e. The Morgan fingerprint density at radius 3 is 2.64 bits per heavy atom. The van der Waals surface area contributed by atoms with Gasteiger partial charge in [-0.15, -0.1) is 0 Å². The van der Waals surface area contributed by atoms with Gasteiger partial charge in [0, 0.05) is 6.54 Å². The molecule has 6 nitrogen and oxygen atoms in total. The van der Waals surface area contributed by atoms with Crippen molar-refractivity contribution in [2.75, 3.05) is 23.0 Å². The van der Waals surface area contributed by atoms with Gasteiger partial charge in [-0.3, -0.25) is 5.32 Å². The van der Waals surface area contributed by atoms with Crippen molar-refractivity contribution >= 4 is 23.4 Å². The van der Waals surface area contributed by atoms with E-state index in [1.165, 1.54) is 12.1 Å². The number of aromatic nitrogens is 1. The predicted molar refractivity (Wildman–Crippen MR) is 96.9 cm³/mol. The SMILES string of the molecule is CCCCCOC(=O)Nc1ccc(NCc2ccc(F)cc2)nc1N. The lowest BCUT2D eigenvalue weighted by Gasteiger charge is -2.11. The van der Waals surface area contributed by atoms with Gasteiger partial charge in [0.05, 0.1) is 12.3 Å². The molecule has 2 aromatic rings.